The number of thiazole rings is 1. The highest BCUT2D eigenvalue weighted by molar-refractivity contribution is 8.00. The maximum Gasteiger partial charge on any atom is 0.311 e. The number of anilines is 2. The zero-order chi connectivity index (χ0) is 26.9. The molecule has 0 saturated heterocycles. The number of thioether (sulfide) groups is 1. The summed E-state index contributed by atoms with van der Waals surface area (Å²) in [7, 11) is 0. The molecule has 2 N–H and O–H groups in total. The van der Waals surface area contributed by atoms with Gasteiger partial charge in [0.2, 0.25) is 5.91 Å². The number of nitrogens with one attached hydrogen (secondary N) is 2. The monoisotopic (exact) mass is 545 g/mol. The second-order valence-electron chi connectivity index (χ2n) is 8.32. The van der Waals surface area contributed by atoms with Crippen molar-refractivity contribution in [1.82, 2.24) is 4.98 Å². The first-order valence-corrected chi connectivity index (χ1v) is 13.8. The molecule has 1 unspecified atom stereocenters. The van der Waals surface area contributed by atoms with Crippen LogP contribution in [-0.4, -0.2) is 29.4 Å². The Hall–Kier alpha value is -3.95. The number of rotatable bonds is 10. The van der Waals surface area contributed by atoms with E-state index in [0.717, 1.165) is 16.0 Å². The SMILES string of the molecule is CCOC(=O)Cc1csc(NC(=O)C(Sc2ccc(NC(=O)c3ccccc3C)cc2)c2ccccc2)n1. The molecule has 7 nitrogen and oxygen atoms in total. The second-order valence-corrected chi connectivity index (χ2v) is 10.4. The van der Waals surface area contributed by atoms with Crippen LogP contribution >= 0.6 is 23.1 Å². The predicted octanol–water partition coefficient (Wildman–Crippen LogP) is 6.28. The van der Waals surface area contributed by atoms with E-state index in [-0.39, 0.29) is 24.2 Å². The largest absolute Gasteiger partial charge is 0.466 e. The Morgan fingerprint density at radius 2 is 1.66 bits per heavy atom. The highest BCUT2D eigenvalue weighted by Gasteiger charge is 2.23. The second kappa shape index (κ2) is 13.0. The van der Waals surface area contributed by atoms with Gasteiger partial charge in [0.25, 0.3) is 5.91 Å². The summed E-state index contributed by atoms with van der Waals surface area (Å²) in [6, 6.07) is 24.3. The van der Waals surface area contributed by atoms with Gasteiger partial charge >= 0.3 is 5.97 Å². The molecule has 1 atom stereocenters. The molecular weight excluding hydrogens is 518 g/mol. The minimum atomic E-state index is -0.541. The number of carbonyl (C=O) groups is 3. The molecule has 3 aromatic carbocycles. The number of aryl methyl sites for hydroxylation is 1. The Balaban J connectivity index is 1.45. The van der Waals surface area contributed by atoms with E-state index in [4.69, 9.17) is 4.74 Å². The van der Waals surface area contributed by atoms with Gasteiger partial charge in [-0.15, -0.1) is 23.1 Å². The third kappa shape index (κ3) is 7.30. The normalized spacial score (nSPS) is 11.4. The summed E-state index contributed by atoms with van der Waals surface area (Å²) in [6.07, 6.45) is 0.0593. The Morgan fingerprint density at radius 3 is 2.37 bits per heavy atom. The first kappa shape index (κ1) is 27.1. The Bertz CT molecular complexity index is 1400. The number of ether oxygens (including phenoxy) is 1. The average molecular weight is 546 g/mol. The maximum atomic E-state index is 13.3. The van der Waals surface area contributed by atoms with Gasteiger partial charge < -0.3 is 15.4 Å². The van der Waals surface area contributed by atoms with Crippen LogP contribution in [-0.2, 0) is 20.7 Å². The molecular formula is C29H27N3O4S2. The van der Waals surface area contributed by atoms with Gasteiger partial charge in [-0.25, -0.2) is 4.98 Å². The van der Waals surface area contributed by atoms with Crippen molar-refractivity contribution in [2.45, 2.75) is 30.4 Å². The number of hydrogen-bond donors (Lipinski definition) is 2. The molecule has 1 aromatic heterocycles. The number of amides is 2. The van der Waals surface area contributed by atoms with Crippen LogP contribution in [0.5, 0.6) is 0 Å². The van der Waals surface area contributed by atoms with Crippen molar-refractivity contribution in [3.8, 4) is 0 Å². The van der Waals surface area contributed by atoms with Gasteiger partial charge in [0, 0.05) is 21.5 Å². The molecule has 4 rings (SSSR count). The molecule has 4 aromatic rings. The minimum absolute atomic E-state index is 0.0593. The van der Waals surface area contributed by atoms with E-state index in [1.807, 2.05) is 79.7 Å². The molecule has 9 heteroatoms. The number of benzene rings is 3. The van der Waals surface area contributed by atoms with Gasteiger partial charge in [-0.3, -0.25) is 14.4 Å². The molecule has 0 bridgehead atoms. The molecule has 0 fully saturated rings. The Labute approximate surface area is 229 Å². The van der Waals surface area contributed by atoms with Crippen LogP contribution in [0.3, 0.4) is 0 Å². The molecule has 38 heavy (non-hydrogen) atoms. The molecule has 2 amide bonds. The quantitative estimate of drug-likeness (QED) is 0.180. The predicted molar refractivity (Wildman–Crippen MR) is 152 cm³/mol. The fourth-order valence-corrected chi connectivity index (χ4v) is 5.39. The van der Waals surface area contributed by atoms with Crippen LogP contribution in [0.15, 0.2) is 89.1 Å². The van der Waals surface area contributed by atoms with Crippen molar-refractivity contribution in [3.63, 3.8) is 0 Å². The van der Waals surface area contributed by atoms with E-state index >= 15 is 0 Å². The summed E-state index contributed by atoms with van der Waals surface area (Å²) in [4.78, 5) is 42.9. The van der Waals surface area contributed by atoms with Crippen molar-refractivity contribution in [3.05, 3.63) is 107 Å². The standard InChI is InChI=1S/C29H27N3O4S2/c1-3-36-25(33)17-22-18-37-29(31-22)32-28(35)26(20-10-5-4-6-11-20)38-23-15-13-21(14-16-23)30-27(34)24-12-8-7-9-19(24)2/h4-16,18,26H,3,17H2,1-2H3,(H,30,34)(H,31,32,35). The molecule has 0 radical (unpaired) electrons. The smallest absolute Gasteiger partial charge is 0.311 e. The van der Waals surface area contributed by atoms with E-state index in [1.54, 1.807) is 18.4 Å². The lowest BCUT2D eigenvalue weighted by atomic mass is 10.1. The summed E-state index contributed by atoms with van der Waals surface area (Å²) < 4.78 is 4.97. The summed E-state index contributed by atoms with van der Waals surface area (Å²) in [5.41, 5.74) is 3.59. The van der Waals surface area contributed by atoms with Crippen LogP contribution in [0.2, 0.25) is 0 Å². The fraction of sp³-hybridized carbons (Fsp3) is 0.172. The Morgan fingerprint density at radius 1 is 0.947 bits per heavy atom. The fourth-order valence-electron chi connectivity index (χ4n) is 3.66. The summed E-state index contributed by atoms with van der Waals surface area (Å²) in [5, 5.41) is 7.43. The third-order valence-corrected chi connectivity index (χ3v) is 7.58. The van der Waals surface area contributed by atoms with Gasteiger partial charge in [0.15, 0.2) is 5.13 Å². The average Bonchev–Trinajstić information content (AvgIpc) is 3.35. The first-order valence-electron chi connectivity index (χ1n) is 12.0. The number of hydrogen-bond acceptors (Lipinski definition) is 7. The van der Waals surface area contributed by atoms with Crippen LogP contribution in [0.4, 0.5) is 10.8 Å². The van der Waals surface area contributed by atoms with Crippen LogP contribution < -0.4 is 10.6 Å². The van der Waals surface area contributed by atoms with Gasteiger partial charge in [-0.2, -0.15) is 0 Å². The zero-order valence-electron chi connectivity index (χ0n) is 21.0. The first-order chi connectivity index (χ1) is 18.4. The number of esters is 1. The van der Waals surface area contributed by atoms with Crippen LogP contribution in [0.1, 0.15) is 39.4 Å². The van der Waals surface area contributed by atoms with Crippen molar-refractivity contribution in [2.75, 3.05) is 17.2 Å². The van der Waals surface area contributed by atoms with E-state index in [9.17, 15) is 14.4 Å². The molecule has 1 heterocycles. The summed E-state index contributed by atoms with van der Waals surface area (Å²) in [5.74, 6) is -0.752. The zero-order valence-corrected chi connectivity index (χ0v) is 22.6. The maximum absolute atomic E-state index is 13.3. The minimum Gasteiger partial charge on any atom is -0.466 e. The van der Waals surface area contributed by atoms with Gasteiger partial charge in [0.1, 0.15) is 5.25 Å². The van der Waals surface area contributed by atoms with Gasteiger partial charge in [-0.05, 0) is 55.3 Å². The van der Waals surface area contributed by atoms with Crippen LogP contribution in [0.25, 0.3) is 0 Å². The number of carbonyl (C=O) groups excluding carboxylic acids is 3. The number of nitrogens with zero attached hydrogens (tertiary/aromatic N) is 1. The molecule has 0 aliphatic carbocycles. The van der Waals surface area contributed by atoms with Crippen molar-refractivity contribution in [2.24, 2.45) is 0 Å². The van der Waals surface area contributed by atoms with E-state index in [1.165, 1.54) is 23.1 Å². The summed E-state index contributed by atoms with van der Waals surface area (Å²) >= 11 is 2.66. The third-order valence-electron chi connectivity index (χ3n) is 5.51. The highest BCUT2D eigenvalue weighted by atomic mass is 32.2. The summed E-state index contributed by atoms with van der Waals surface area (Å²) in [6.45, 7) is 3.96. The molecule has 194 valence electrons. The lowest BCUT2D eigenvalue weighted by Crippen LogP contribution is -2.19. The number of aromatic nitrogens is 1. The molecule has 0 aliphatic rings. The topological polar surface area (TPSA) is 97.4 Å². The van der Waals surface area contributed by atoms with Crippen molar-refractivity contribution < 1.29 is 19.1 Å². The molecule has 0 spiro atoms. The molecule has 0 saturated carbocycles. The van der Waals surface area contributed by atoms with E-state index < -0.39 is 5.25 Å². The van der Waals surface area contributed by atoms with Gasteiger partial charge in [0.05, 0.1) is 18.7 Å². The van der Waals surface area contributed by atoms with E-state index in [0.29, 0.717) is 28.7 Å². The van der Waals surface area contributed by atoms with Crippen molar-refractivity contribution >= 4 is 51.7 Å². The van der Waals surface area contributed by atoms with E-state index in [2.05, 4.69) is 15.6 Å². The lowest BCUT2D eigenvalue weighted by Gasteiger charge is -2.16. The van der Waals surface area contributed by atoms with Crippen molar-refractivity contribution in [1.29, 1.82) is 0 Å². The highest BCUT2D eigenvalue weighted by Crippen LogP contribution is 2.37. The Kier molecular flexibility index (Phi) is 9.29. The lowest BCUT2D eigenvalue weighted by molar-refractivity contribution is -0.142. The van der Waals surface area contributed by atoms with Gasteiger partial charge in [-0.1, -0.05) is 48.5 Å². The molecule has 0 aliphatic heterocycles. The van der Waals surface area contributed by atoms with Crippen LogP contribution in [0, 0.1) is 6.92 Å².